The van der Waals surface area contributed by atoms with Gasteiger partial charge in [-0.2, -0.15) is 5.10 Å². The molecule has 4 aromatic rings. The standard InChI is InChI=1S/C26H24BrClN4O2/c1-26(2,3)34-25(33)29-20-12-10-16-13-17(9-11-18(16)20)22-23(15-7-5-4-6-8-15)32-24(30-22)19(27)14-21(28)31-32/h4-9,11,13-14,20H,10,12H2,1-3H3,(H,29,33)/t20-/m0/s1. The topological polar surface area (TPSA) is 68.5 Å². The average molecular weight is 540 g/mol. The molecule has 6 nitrogen and oxygen atoms in total. The molecule has 1 aliphatic rings. The number of ether oxygens (including phenoxy) is 1. The maximum atomic E-state index is 12.3. The van der Waals surface area contributed by atoms with Crippen molar-refractivity contribution in [2.75, 3.05) is 0 Å². The minimum Gasteiger partial charge on any atom is -0.444 e. The second kappa shape index (κ2) is 8.71. The summed E-state index contributed by atoms with van der Waals surface area (Å²) in [5, 5.41) is 7.93. The molecule has 8 heteroatoms. The lowest BCUT2D eigenvalue weighted by molar-refractivity contribution is 0.0503. The average Bonchev–Trinajstić information content (AvgIpc) is 3.34. The van der Waals surface area contributed by atoms with Gasteiger partial charge in [-0.3, -0.25) is 0 Å². The summed E-state index contributed by atoms with van der Waals surface area (Å²) in [6.07, 6.45) is 1.30. The number of hydrogen-bond acceptors (Lipinski definition) is 4. The molecule has 0 spiro atoms. The quantitative estimate of drug-likeness (QED) is 0.305. The number of carbonyl (C=O) groups excluding carboxylic acids is 1. The summed E-state index contributed by atoms with van der Waals surface area (Å²) in [5.74, 6) is 0. The zero-order chi connectivity index (χ0) is 24.0. The molecule has 0 aliphatic heterocycles. The number of aryl methyl sites for hydroxylation is 1. The summed E-state index contributed by atoms with van der Waals surface area (Å²) >= 11 is 9.86. The van der Waals surface area contributed by atoms with Crippen LogP contribution in [0.2, 0.25) is 5.15 Å². The second-order valence-corrected chi connectivity index (χ2v) is 10.6. The first-order chi connectivity index (χ1) is 16.2. The Morgan fingerprint density at radius 2 is 1.91 bits per heavy atom. The third kappa shape index (κ3) is 4.42. The molecule has 0 saturated carbocycles. The van der Waals surface area contributed by atoms with Crippen LogP contribution in [-0.2, 0) is 11.2 Å². The summed E-state index contributed by atoms with van der Waals surface area (Å²) in [7, 11) is 0. The second-order valence-electron chi connectivity index (χ2n) is 9.38. The van der Waals surface area contributed by atoms with Crippen LogP contribution < -0.4 is 5.32 Å². The van der Waals surface area contributed by atoms with Crippen molar-refractivity contribution < 1.29 is 9.53 Å². The van der Waals surface area contributed by atoms with Gasteiger partial charge in [0, 0.05) is 11.1 Å². The summed E-state index contributed by atoms with van der Waals surface area (Å²) < 4.78 is 8.01. The Balaban J connectivity index is 1.56. The van der Waals surface area contributed by atoms with Crippen LogP contribution in [0.15, 0.2) is 59.1 Å². The van der Waals surface area contributed by atoms with Gasteiger partial charge in [0.1, 0.15) is 11.3 Å². The molecule has 1 N–H and O–H groups in total. The predicted molar refractivity (Wildman–Crippen MR) is 137 cm³/mol. The van der Waals surface area contributed by atoms with Gasteiger partial charge in [-0.1, -0.05) is 54.1 Å². The van der Waals surface area contributed by atoms with Crippen molar-refractivity contribution in [3.63, 3.8) is 0 Å². The molecule has 5 rings (SSSR count). The minimum absolute atomic E-state index is 0.0665. The molecule has 34 heavy (non-hydrogen) atoms. The third-order valence-electron chi connectivity index (χ3n) is 5.74. The van der Waals surface area contributed by atoms with Gasteiger partial charge in [-0.25, -0.2) is 14.3 Å². The molecular formula is C26H24BrClN4O2. The fourth-order valence-corrected chi connectivity index (χ4v) is 5.17. The van der Waals surface area contributed by atoms with Gasteiger partial charge in [0.25, 0.3) is 0 Å². The van der Waals surface area contributed by atoms with Crippen LogP contribution in [0.5, 0.6) is 0 Å². The number of rotatable bonds is 3. The van der Waals surface area contributed by atoms with Crippen LogP contribution in [0.1, 0.15) is 44.4 Å². The number of imidazole rings is 1. The Morgan fingerprint density at radius 3 is 2.65 bits per heavy atom. The minimum atomic E-state index is -0.530. The van der Waals surface area contributed by atoms with Gasteiger partial charge in [0.05, 0.1) is 16.2 Å². The molecular weight excluding hydrogens is 516 g/mol. The largest absolute Gasteiger partial charge is 0.444 e. The zero-order valence-corrected chi connectivity index (χ0v) is 21.4. The predicted octanol–water partition coefficient (Wildman–Crippen LogP) is 6.99. The number of fused-ring (bicyclic) bond motifs is 2. The van der Waals surface area contributed by atoms with Crippen molar-refractivity contribution in [3.05, 3.63) is 75.4 Å². The van der Waals surface area contributed by atoms with E-state index in [1.807, 2.05) is 51.1 Å². The number of alkyl carbamates (subject to hydrolysis) is 1. The van der Waals surface area contributed by atoms with E-state index < -0.39 is 11.7 Å². The molecule has 1 atom stereocenters. The zero-order valence-electron chi connectivity index (χ0n) is 19.1. The molecule has 1 amide bonds. The fraction of sp³-hybridized carbons (Fsp3) is 0.269. The number of nitrogens with zero attached hydrogens (tertiary/aromatic N) is 3. The van der Waals surface area contributed by atoms with E-state index in [4.69, 9.17) is 21.3 Å². The van der Waals surface area contributed by atoms with E-state index >= 15 is 0 Å². The van der Waals surface area contributed by atoms with Crippen molar-refractivity contribution in [1.29, 1.82) is 0 Å². The Morgan fingerprint density at radius 1 is 1.15 bits per heavy atom. The fourth-order valence-electron chi connectivity index (χ4n) is 4.38. The smallest absolute Gasteiger partial charge is 0.408 e. The van der Waals surface area contributed by atoms with Gasteiger partial charge in [0.2, 0.25) is 0 Å². The first-order valence-electron chi connectivity index (χ1n) is 11.1. The number of nitrogens with one attached hydrogen (secondary N) is 1. The van der Waals surface area contributed by atoms with Crippen molar-refractivity contribution in [3.8, 4) is 22.5 Å². The lowest BCUT2D eigenvalue weighted by atomic mass is 10.00. The van der Waals surface area contributed by atoms with Crippen molar-refractivity contribution in [2.45, 2.75) is 45.3 Å². The monoisotopic (exact) mass is 538 g/mol. The van der Waals surface area contributed by atoms with E-state index in [1.165, 1.54) is 5.56 Å². The molecule has 0 unspecified atom stereocenters. The molecule has 2 heterocycles. The van der Waals surface area contributed by atoms with Crippen molar-refractivity contribution in [1.82, 2.24) is 19.9 Å². The number of aromatic nitrogens is 3. The Bertz CT molecular complexity index is 1400. The Labute approximate surface area is 211 Å². The maximum absolute atomic E-state index is 12.3. The lowest BCUT2D eigenvalue weighted by Gasteiger charge is -2.22. The summed E-state index contributed by atoms with van der Waals surface area (Å²) in [6.45, 7) is 5.59. The van der Waals surface area contributed by atoms with Crippen LogP contribution in [-0.4, -0.2) is 26.3 Å². The van der Waals surface area contributed by atoms with E-state index in [9.17, 15) is 4.79 Å². The Kier molecular flexibility index (Phi) is 5.86. The van der Waals surface area contributed by atoms with Crippen LogP contribution in [0.3, 0.4) is 0 Å². The van der Waals surface area contributed by atoms with Crippen LogP contribution in [0.25, 0.3) is 28.2 Å². The van der Waals surface area contributed by atoms with E-state index in [2.05, 4.69) is 44.5 Å². The molecule has 174 valence electrons. The summed E-state index contributed by atoms with van der Waals surface area (Å²) in [5.41, 5.74) is 6.16. The first-order valence-corrected chi connectivity index (χ1v) is 12.3. The van der Waals surface area contributed by atoms with Crippen molar-refractivity contribution in [2.24, 2.45) is 0 Å². The van der Waals surface area contributed by atoms with Gasteiger partial charge < -0.3 is 10.1 Å². The normalized spacial score (nSPS) is 15.4. The van der Waals surface area contributed by atoms with Crippen molar-refractivity contribution >= 4 is 39.3 Å². The number of benzene rings is 2. The Hall–Kier alpha value is -2.90. The number of amides is 1. The third-order valence-corrected chi connectivity index (χ3v) is 6.51. The van der Waals surface area contributed by atoms with E-state index in [0.29, 0.717) is 10.8 Å². The van der Waals surface area contributed by atoms with Gasteiger partial charge in [-0.05, 0) is 72.8 Å². The molecule has 0 fully saturated rings. The number of halogens is 2. The van der Waals surface area contributed by atoms with Crippen LogP contribution in [0.4, 0.5) is 4.79 Å². The molecule has 2 aromatic heterocycles. The maximum Gasteiger partial charge on any atom is 0.408 e. The SMILES string of the molecule is CC(C)(C)OC(=O)N[C@H]1CCc2cc(-c3nc4c(Br)cc(Cl)nn4c3-c3ccccc3)ccc21. The van der Waals surface area contributed by atoms with E-state index in [-0.39, 0.29) is 6.04 Å². The molecule has 2 aromatic carbocycles. The number of carbonyl (C=O) groups is 1. The molecule has 0 bridgehead atoms. The lowest BCUT2D eigenvalue weighted by Crippen LogP contribution is -2.34. The highest BCUT2D eigenvalue weighted by molar-refractivity contribution is 9.10. The van der Waals surface area contributed by atoms with Gasteiger partial charge in [-0.15, -0.1) is 0 Å². The highest BCUT2D eigenvalue weighted by Gasteiger charge is 2.28. The summed E-state index contributed by atoms with van der Waals surface area (Å²) in [4.78, 5) is 17.2. The van der Waals surface area contributed by atoms with E-state index in [0.717, 1.165) is 45.4 Å². The molecule has 1 aliphatic carbocycles. The number of hydrogen-bond donors (Lipinski definition) is 1. The highest BCUT2D eigenvalue weighted by atomic mass is 79.9. The van der Waals surface area contributed by atoms with Gasteiger partial charge >= 0.3 is 6.09 Å². The van der Waals surface area contributed by atoms with Crippen LogP contribution >= 0.6 is 27.5 Å². The first kappa shape index (κ1) is 22.9. The molecule has 0 radical (unpaired) electrons. The summed E-state index contributed by atoms with van der Waals surface area (Å²) in [6, 6.07) is 18.0. The van der Waals surface area contributed by atoms with Gasteiger partial charge in [0.15, 0.2) is 10.8 Å². The highest BCUT2D eigenvalue weighted by Crippen LogP contribution is 2.38. The molecule has 0 saturated heterocycles. The van der Waals surface area contributed by atoms with Crippen LogP contribution in [0, 0.1) is 0 Å². The van der Waals surface area contributed by atoms with E-state index in [1.54, 1.807) is 10.6 Å².